The van der Waals surface area contributed by atoms with Crippen molar-refractivity contribution >= 4 is 51.3 Å². The van der Waals surface area contributed by atoms with Gasteiger partial charge in [0.2, 0.25) is 0 Å². The minimum atomic E-state index is -0.572. The fourth-order valence-electron chi connectivity index (χ4n) is 2.06. The predicted molar refractivity (Wildman–Crippen MR) is 88.6 cm³/mol. The number of carbonyl (C=O) groups excluding carboxylic acids is 1. The molecule has 0 spiro atoms. The largest absolute Gasteiger partial charge is 0.327 e. The summed E-state index contributed by atoms with van der Waals surface area (Å²) in [5.41, 5.74) is 0.677. The van der Waals surface area contributed by atoms with Crippen LogP contribution >= 0.6 is 23.6 Å². The number of nitrogens with one attached hydrogen (secondary N) is 1. The van der Waals surface area contributed by atoms with Crippen LogP contribution in [0.1, 0.15) is 5.56 Å². The van der Waals surface area contributed by atoms with Gasteiger partial charge < -0.3 is 5.32 Å². The first-order valence-corrected chi connectivity index (χ1v) is 7.61. The SMILES string of the molecule is O=C1C(=Cc2csc([N+](=O)[O-])c2)NC(=S)N1c1ccccc1F. The monoisotopic (exact) mass is 349 g/mol. The number of rotatable bonds is 3. The highest BCUT2D eigenvalue weighted by Crippen LogP contribution is 2.27. The molecule has 0 unspecified atom stereocenters. The zero-order chi connectivity index (χ0) is 16.6. The molecule has 2 heterocycles. The molecular formula is C14H8FN3O3S2. The Balaban J connectivity index is 1.93. The number of hydrogen-bond acceptors (Lipinski definition) is 5. The molecule has 116 valence electrons. The minimum absolute atomic E-state index is 0.0316. The molecule has 1 aliphatic heterocycles. The highest BCUT2D eigenvalue weighted by Gasteiger charge is 2.33. The maximum Gasteiger partial charge on any atom is 0.324 e. The van der Waals surface area contributed by atoms with Crippen LogP contribution in [0.25, 0.3) is 6.08 Å². The molecule has 2 aromatic rings. The van der Waals surface area contributed by atoms with Crippen molar-refractivity contribution in [2.24, 2.45) is 0 Å². The quantitative estimate of drug-likeness (QED) is 0.399. The van der Waals surface area contributed by atoms with Gasteiger partial charge in [-0.2, -0.15) is 0 Å². The molecule has 0 radical (unpaired) electrons. The van der Waals surface area contributed by atoms with Crippen molar-refractivity contribution in [3.8, 4) is 0 Å². The number of para-hydroxylation sites is 1. The van der Waals surface area contributed by atoms with E-state index in [1.807, 2.05) is 0 Å². The van der Waals surface area contributed by atoms with Gasteiger partial charge in [-0.15, -0.1) is 0 Å². The van der Waals surface area contributed by atoms with E-state index in [4.69, 9.17) is 12.2 Å². The van der Waals surface area contributed by atoms with Crippen LogP contribution in [-0.4, -0.2) is 15.9 Å². The number of amides is 1. The highest BCUT2D eigenvalue weighted by molar-refractivity contribution is 7.80. The Labute approximate surface area is 139 Å². The van der Waals surface area contributed by atoms with Crippen LogP contribution < -0.4 is 10.2 Å². The number of carbonyl (C=O) groups is 1. The number of anilines is 1. The molecule has 0 bridgehead atoms. The van der Waals surface area contributed by atoms with E-state index >= 15 is 0 Å². The van der Waals surface area contributed by atoms with Crippen LogP contribution in [0.2, 0.25) is 0 Å². The van der Waals surface area contributed by atoms with Crippen molar-refractivity contribution in [3.63, 3.8) is 0 Å². The summed E-state index contributed by atoms with van der Waals surface area (Å²) < 4.78 is 13.9. The lowest BCUT2D eigenvalue weighted by atomic mass is 10.2. The minimum Gasteiger partial charge on any atom is -0.327 e. The van der Waals surface area contributed by atoms with Gasteiger partial charge in [-0.25, -0.2) is 9.29 Å². The Kier molecular flexibility index (Phi) is 3.89. The molecule has 23 heavy (non-hydrogen) atoms. The second-order valence-electron chi connectivity index (χ2n) is 4.56. The van der Waals surface area contributed by atoms with E-state index in [-0.39, 0.29) is 21.5 Å². The van der Waals surface area contributed by atoms with Crippen molar-refractivity contribution in [2.45, 2.75) is 0 Å². The topological polar surface area (TPSA) is 75.5 Å². The van der Waals surface area contributed by atoms with E-state index in [1.54, 1.807) is 11.4 Å². The first-order valence-electron chi connectivity index (χ1n) is 6.32. The zero-order valence-electron chi connectivity index (χ0n) is 11.4. The molecule has 0 atom stereocenters. The van der Waals surface area contributed by atoms with Crippen LogP contribution in [-0.2, 0) is 4.79 Å². The lowest BCUT2D eigenvalue weighted by Crippen LogP contribution is -2.31. The van der Waals surface area contributed by atoms with Gasteiger partial charge >= 0.3 is 5.00 Å². The van der Waals surface area contributed by atoms with E-state index in [2.05, 4.69) is 5.32 Å². The van der Waals surface area contributed by atoms with E-state index in [0.717, 1.165) is 16.2 Å². The standard InChI is InChI=1S/C14H8FN3O3S2/c15-9-3-1-2-4-11(9)17-13(19)10(16-14(17)22)5-8-6-12(18(20)21)23-7-8/h1-7H,(H,16,22). The molecule has 1 aromatic carbocycles. The van der Waals surface area contributed by atoms with Gasteiger partial charge in [0.05, 0.1) is 10.6 Å². The molecule has 1 N–H and O–H groups in total. The Morgan fingerprint density at radius 3 is 2.78 bits per heavy atom. The van der Waals surface area contributed by atoms with Crippen LogP contribution in [0.4, 0.5) is 15.1 Å². The van der Waals surface area contributed by atoms with Gasteiger partial charge in [0, 0.05) is 11.4 Å². The smallest absolute Gasteiger partial charge is 0.324 e. The lowest BCUT2D eigenvalue weighted by molar-refractivity contribution is -0.380. The highest BCUT2D eigenvalue weighted by atomic mass is 32.1. The fraction of sp³-hybridized carbons (Fsp3) is 0. The summed E-state index contributed by atoms with van der Waals surface area (Å²) in [6.45, 7) is 0. The van der Waals surface area contributed by atoms with Gasteiger partial charge in [0.15, 0.2) is 5.11 Å². The van der Waals surface area contributed by atoms with Crippen molar-refractivity contribution < 1.29 is 14.1 Å². The average Bonchev–Trinajstić information content (AvgIpc) is 3.07. The Hall–Kier alpha value is -2.65. The van der Waals surface area contributed by atoms with Crippen molar-refractivity contribution in [1.29, 1.82) is 0 Å². The first kappa shape index (κ1) is 15.3. The van der Waals surface area contributed by atoms with Crippen LogP contribution in [0.5, 0.6) is 0 Å². The Bertz CT molecular complexity index is 862. The summed E-state index contributed by atoms with van der Waals surface area (Å²) in [4.78, 5) is 23.7. The van der Waals surface area contributed by atoms with Gasteiger partial charge in [0.1, 0.15) is 11.5 Å². The third-order valence-corrected chi connectivity index (χ3v) is 4.25. The predicted octanol–water partition coefficient (Wildman–Crippen LogP) is 3.06. The van der Waals surface area contributed by atoms with Crippen LogP contribution in [0, 0.1) is 15.9 Å². The number of nitrogens with zero attached hydrogens (tertiary/aromatic N) is 2. The summed E-state index contributed by atoms with van der Waals surface area (Å²) in [6, 6.07) is 7.13. The molecular weight excluding hydrogens is 341 g/mol. The first-order chi connectivity index (χ1) is 11.0. The van der Waals surface area contributed by atoms with Gasteiger partial charge in [-0.05, 0) is 36.0 Å². The molecule has 9 heteroatoms. The van der Waals surface area contributed by atoms with E-state index in [0.29, 0.717) is 5.56 Å². The average molecular weight is 349 g/mol. The molecule has 1 saturated heterocycles. The number of thiophene rings is 1. The fourth-order valence-corrected chi connectivity index (χ4v) is 3.04. The summed E-state index contributed by atoms with van der Waals surface area (Å²) in [5.74, 6) is -1.09. The normalized spacial score (nSPS) is 16.0. The number of halogens is 1. The van der Waals surface area contributed by atoms with Crippen LogP contribution in [0.15, 0.2) is 41.4 Å². The third-order valence-electron chi connectivity index (χ3n) is 3.07. The number of thiocarbonyl (C=S) groups is 1. The number of benzene rings is 1. The molecule has 1 amide bonds. The van der Waals surface area contributed by atoms with E-state index in [9.17, 15) is 19.3 Å². The Morgan fingerprint density at radius 2 is 2.13 bits per heavy atom. The second kappa shape index (κ2) is 5.86. The molecule has 0 saturated carbocycles. The molecule has 3 rings (SSSR count). The van der Waals surface area contributed by atoms with Gasteiger partial charge in [0.25, 0.3) is 5.91 Å². The maximum atomic E-state index is 13.9. The number of hydrogen-bond donors (Lipinski definition) is 1. The van der Waals surface area contributed by atoms with Gasteiger partial charge in [-0.1, -0.05) is 23.5 Å². The number of nitro groups is 1. The third kappa shape index (κ3) is 2.83. The van der Waals surface area contributed by atoms with E-state index in [1.165, 1.54) is 30.3 Å². The lowest BCUT2D eigenvalue weighted by Gasteiger charge is -2.14. The zero-order valence-corrected chi connectivity index (χ0v) is 13.0. The summed E-state index contributed by atoms with van der Waals surface area (Å²) in [7, 11) is 0. The van der Waals surface area contributed by atoms with Gasteiger partial charge in [-0.3, -0.25) is 14.9 Å². The van der Waals surface area contributed by atoms with Crippen LogP contribution in [0.3, 0.4) is 0 Å². The summed E-state index contributed by atoms with van der Waals surface area (Å²) in [5, 5.41) is 15.0. The molecule has 6 nitrogen and oxygen atoms in total. The van der Waals surface area contributed by atoms with Crippen molar-refractivity contribution in [3.05, 3.63) is 62.9 Å². The molecule has 1 aliphatic rings. The molecule has 1 aromatic heterocycles. The van der Waals surface area contributed by atoms with Crippen molar-refractivity contribution in [1.82, 2.24) is 5.32 Å². The summed E-state index contributed by atoms with van der Waals surface area (Å²) in [6.07, 6.45) is 1.44. The second-order valence-corrected chi connectivity index (χ2v) is 5.83. The van der Waals surface area contributed by atoms with E-state index < -0.39 is 16.6 Å². The molecule has 1 fully saturated rings. The van der Waals surface area contributed by atoms with Crippen molar-refractivity contribution in [2.75, 3.05) is 4.90 Å². The summed E-state index contributed by atoms with van der Waals surface area (Å²) >= 11 is 6.03. The maximum absolute atomic E-state index is 13.9. The molecule has 0 aliphatic carbocycles. The Morgan fingerprint density at radius 1 is 1.39 bits per heavy atom.